The number of aromatic nitrogens is 3. The lowest BCUT2D eigenvalue weighted by Gasteiger charge is -2.04. The summed E-state index contributed by atoms with van der Waals surface area (Å²) in [6.45, 7) is 0.365. The first-order chi connectivity index (χ1) is 8.70. The smallest absolute Gasteiger partial charge is 0.129 e. The van der Waals surface area contributed by atoms with Crippen LogP contribution in [0.15, 0.2) is 24.4 Å². The molecule has 2 aromatic rings. The van der Waals surface area contributed by atoms with E-state index in [0.717, 1.165) is 5.69 Å². The maximum Gasteiger partial charge on any atom is 0.129 e. The first-order valence-corrected chi connectivity index (χ1v) is 6.01. The maximum atomic E-state index is 13.6. The van der Waals surface area contributed by atoms with Gasteiger partial charge in [-0.15, -0.1) is 5.10 Å². The molecule has 96 valence electrons. The second-order valence-corrected chi connectivity index (χ2v) is 4.34. The highest BCUT2D eigenvalue weighted by Crippen LogP contribution is 2.19. The zero-order chi connectivity index (χ0) is 13.0. The second-order valence-electron chi connectivity index (χ2n) is 3.93. The van der Waals surface area contributed by atoms with Crippen LogP contribution in [-0.2, 0) is 13.0 Å². The largest absolute Gasteiger partial charge is 0.396 e. The standard InChI is InChI=1S/C12H13ClFN3O/c13-11-4-1-5-12(14)10(11)8-17-7-9(15-16-17)3-2-6-18/h1,4-5,7,18H,2-3,6,8H2. The Morgan fingerprint density at radius 1 is 1.39 bits per heavy atom. The first-order valence-electron chi connectivity index (χ1n) is 5.63. The summed E-state index contributed by atoms with van der Waals surface area (Å²) < 4.78 is 15.1. The molecule has 18 heavy (non-hydrogen) atoms. The van der Waals surface area contributed by atoms with E-state index in [1.807, 2.05) is 0 Å². The zero-order valence-electron chi connectivity index (χ0n) is 9.68. The SMILES string of the molecule is OCCCc1cn(Cc2c(F)cccc2Cl)nn1. The highest BCUT2D eigenvalue weighted by Gasteiger charge is 2.09. The molecule has 0 saturated heterocycles. The predicted octanol–water partition coefficient (Wildman–Crippen LogP) is 2.04. The van der Waals surface area contributed by atoms with Gasteiger partial charge in [0.15, 0.2) is 0 Å². The monoisotopic (exact) mass is 269 g/mol. The van der Waals surface area contributed by atoms with Crippen LogP contribution in [0, 0.1) is 5.82 Å². The molecule has 0 unspecified atom stereocenters. The summed E-state index contributed by atoms with van der Waals surface area (Å²) >= 11 is 5.94. The third kappa shape index (κ3) is 3.05. The van der Waals surface area contributed by atoms with Gasteiger partial charge in [-0.1, -0.05) is 22.9 Å². The van der Waals surface area contributed by atoms with Crippen LogP contribution in [0.4, 0.5) is 4.39 Å². The summed E-state index contributed by atoms with van der Waals surface area (Å²) in [7, 11) is 0. The summed E-state index contributed by atoms with van der Waals surface area (Å²) in [5.74, 6) is -0.352. The molecular formula is C12H13ClFN3O. The van der Waals surface area contributed by atoms with Gasteiger partial charge in [0.1, 0.15) is 5.82 Å². The van der Waals surface area contributed by atoms with Crippen molar-refractivity contribution in [3.63, 3.8) is 0 Å². The topological polar surface area (TPSA) is 50.9 Å². The van der Waals surface area contributed by atoms with E-state index in [1.165, 1.54) is 10.7 Å². The van der Waals surface area contributed by atoms with Gasteiger partial charge in [-0.25, -0.2) is 9.07 Å². The minimum absolute atomic E-state index is 0.117. The molecule has 0 saturated carbocycles. The third-order valence-electron chi connectivity index (χ3n) is 2.56. The average molecular weight is 270 g/mol. The van der Waals surface area contributed by atoms with Crippen molar-refractivity contribution in [2.45, 2.75) is 19.4 Å². The van der Waals surface area contributed by atoms with Crippen LogP contribution >= 0.6 is 11.6 Å². The lowest BCUT2D eigenvalue weighted by Crippen LogP contribution is -2.03. The molecule has 0 fully saturated rings. The van der Waals surface area contributed by atoms with Crippen molar-refractivity contribution in [2.75, 3.05) is 6.61 Å². The Hall–Kier alpha value is -1.46. The van der Waals surface area contributed by atoms with Gasteiger partial charge in [-0.2, -0.15) is 0 Å². The van der Waals surface area contributed by atoms with Crippen molar-refractivity contribution in [2.24, 2.45) is 0 Å². The molecule has 0 bridgehead atoms. The Morgan fingerprint density at radius 2 is 2.22 bits per heavy atom. The number of aliphatic hydroxyl groups excluding tert-OH is 1. The summed E-state index contributed by atoms with van der Waals surface area (Å²) in [5, 5.41) is 16.9. The Bertz CT molecular complexity index is 510. The summed E-state index contributed by atoms with van der Waals surface area (Å²) in [4.78, 5) is 0. The number of rotatable bonds is 5. The normalized spacial score (nSPS) is 10.8. The highest BCUT2D eigenvalue weighted by molar-refractivity contribution is 6.31. The molecule has 1 aromatic carbocycles. The van der Waals surface area contributed by atoms with E-state index in [-0.39, 0.29) is 19.0 Å². The molecule has 4 nitrogen and oxygen atoms in total. The van der Waals surface area contributed by atoms with E-state index < -0.39 is 0 Å². The van der Waals surface area contributed by atoms with E-state index in [2.05, 4.69) is 10.3 Å². The molecule has 1 heterocycles. The fourth-order valence-corrected chi connectivity index (χ4v) is 1.86. The average Bonchev–Trinajstić information content (AvgIpc) is 2.79. The Labute approximate surface area is 109 Å². The molecule has 0 radical (unpaired) electrons. The molecule has 0 aliphatic rings. The number of aliphatic hydroxyl groups is 1. The molecule has 1 N–H and O–H groups in total. The molecule has 1 aromatic heterocycles. The summed E-state index contributed by atoms with van der Waals surface area (Å²) in [6.07, 6.45) is 3.03. The van der Waals surface area contributed by atoms with Gasteiger partial charge in [0.25, 0.3) is 0 Å². The van der Waals surface area contributed by atoms with Crippen LogP contribution in [0.3, 0.4) is 0 Å². The van der Waals surface area contributed by atoms with Crippen LogP contribution in [0.1, 0.15) is 17.7 Å². The molecule has 0 amide bonds. The summed E-state index contributed by atoms with van der Waals surface area (Å²) in [6, 6.07) is 4.57. The quantitative estimate of drug-likeness (QED) is 0.904. The Balaban J connectivity index is 2.11. The number of aryl methyl sites for hydroxylation is 1. The van der Waals surface area contributed by atoms with Gasteiger partial charge >= 0.3 is 0 Å². The van der Waals surface area contributed by atoms with E-state index in [0.29, 0.717) is 23.4 Å². The number of halogens is 2. The molecule has 0 atom stereocenters. The molecule has 6 heteroatoms. The first kappa shape index (κ1) is 13.0. The van der Waals surface area contributed by atoms with E-state index >= 15 is 0 Å². The Kier molecular flexibility index (Phi) is 4.28. The molecule has 2 rings (SSSR count). The minimum Gasteiger partial charge on any atom is -0.396 e. The van der Waals surface area contributed by atoms with Gasteiger partial charge in [-0.05, 0) is 25.0 Å². The van der Waals surface area contributed by atoms with Gasteiger partial charge in [0.2, 0.25) is 0 Å². The molecule has 0 spiro atoms. The van der Waals surface area contributed by atoms with Crippen molar-refractivity contribution in [1.29, 1.82) is 0 Å². The van der Waals surface area contributed by atoms with E-state index in [9.17, 15) is 4.39 Å². The van der Waals surface area contributed by atoms with E-state index in [4.69, 9.17) is 16.7 Å². The lowest BCUT2D eigenvalue weighted by atomic mass is 10.2. The van der Waals surface area contributed by atoms with Gasteiger partial charge in [0.05, 0.1) is 12.2 Å². The fraction of sp³-hybridized carbons (Fsp3) is 0.333. The second kappa shape index (κ2) is 5.93. The Morgan fingerprint density at radius 3 is 2.94 bits per heavy atom. The van der Waals surface area contributed by atoms with Crippen molar-refractivity contribution < 1.29 is 9.50 Å². The van der Waals surface area contributed by atoms with Crippen molar-refractivity contribution in [3.05, 3.63) is 46.5 Å². The zero-order valence-corrected chi connectivity index (χ0v) is 10.4. The van der Waals surface area contributed by atoms with Crippen molar-refractivity contribution in [3.8, 4) is 0 Å². The van der Waals surface area contributed by atoms with Gasteiger partial charge < -0.3 is 5.11 Å². The van der Waals surface area contributed by atoms with Crippen LogP contribution in [0.25, 0.3) is 0 Å². The third-order valence-corrected chi connectivity index (χ3v) is 2.91. The van der Waals surface area contributed by atoms with Crippen molar-refractivity contribution in [1.82, 2.24) is 15.0 Å². The van der Waals surface area contributed by atoms with Crippen LogP contribution in [-0.4, -0.2) is 26.7 Å². The van der Waals surface area contributed by atoms with Gasteiger partial charge in [0, 0.05) is 23.4 Å². The van der Waals surface area contributed by atoms with Crippen LogP contribution in [0.5, 0.6) is 0 Å². The highest BCUT2D eigenvalue weighted by atomic mass is 35.5. The predicted molar refractivity (Wildman–Crippen MR) is 65.9 cm³/mol. The number of nitrogens with zero attached hydrogens (tertiary/aromatic N) is 3. The summed E-state index contributed by atoms with van der Waals surface area (Å²) in [5.41, 5.74) is 1.18. The van der Waals surface area contributed by atoms with E-state index in [1.54, 1.807) is 18.3 Å². The number of hydrogen-bond donors (Lipinski definition) is 1. The van der Waals surface area contributed by atoms with Crippen LogP contribution in [0.2, 0.25) is 5.02 Å². The minimum atomic E-state index is -0.352. The number of hydrogen-bond acceptors (Lipinski definition) is 3. The lowest BCUT2D eigenvalue weighted by molar-refractivity contribution is 0.288. The molecule has 0 aliphatic carbocycles. The molecule has 0 aliphatic heterocycles. The van der Waals surface area contributed by atoms with Gasteiger partial charge in [-0.3, -0.25) is 0 Å². The van der Waals surface area contributed by atoms with Crippen molar-refractivity contribution >= 4 is 11.6 Å². The number of benzene rings is 1. The molecular weight excluding hydrogens is 257 g/mol. The van der Waals surface area contributed by atoms with Crippen LogP contribution < -0.4 is 0 Å². The fourth-order valence-electron chi connectivity index (χ4n) is 1.64. The maximum absolute atomic E-state index is 13.6.